The smallest absolute Gasteiger partial charge is 0.219 e. The van der Waals surface area contributed by atoms with Gasteiger partial charge in [0.25, 0.3) is 0 Å². The molecule has 0 aliphatic carbocycles. The van der Waals surface area contributed by atoms with Crippen LogP contribution in [-0.4, -0.2) is 68.8 Å². The molecule has 11 heteroatoms. The molecule has 0 aromatic heterocycles. The van der Waals surface area contributed by atoms with Gasteiger partial charge in [0.2, 0.25) is 5.79 Å². The summed E-state index contributed by atoms with van der Waals surface area (Å²) in [4.78, 5) is 0. The Morgan fingerprint density at radius 1 is 1.03 bits per heavy atom. The van der Waals surface area contributed by atoms with Gasteiger partial charge in [-0.05, 0) is 29.8 Å². The van der Waals surface area contributed by atoms with E-state index in [4.69, 9.17) is 16.3 Å². The molecule has 0 amide bonds. The Balaban J connectivity index is 2.05. The number of ether oxygens (including phenoxy) is 2. The Morgan fingerprint density at radius 3 is 2.19 bits per heavy atom. The third-order valence-electron chi connectivity index (χ3n) is 5.19. The van der Waals surface area contributed by atoms with Crippen LogP contribution in [0.25, 0.3) is 0 Å². The van der Waals surface area contributed by atoms with Crippen molar-refractivity contribution in [2.75, 3.05) is 13.7 Å². The first-order chi connectivity index (χ1) is 14.5. The van der Waals surface area contributed by atoms with Crippen molar-refractivity contribution in [3.8, 4) is 5.75 Å². The molecule has 1 saturated heterocycles. The molecule has 1 aliphatic heterocycles. The van der Waals surface area contributed by atoms with Gasteiger partial charge in [-0.3, -0.25) is 0 Å². The Bertz CT molecular complexity index is 932. The Hall–Kier alpha value is -1.89. The van der Waals surface area contributed by atoms with Crippen molar-refractivity contribution in [3.05, 3.63) is 63.7 Å². The van der Waals surface area contributed by atoms with Gasteiger partial charge in [0.1, 0.15) is 30.5 Å². The number of aliphatic hydroxyl groups excluding tert-OH is 4. The number of methoxy groups -OCH3 is 1. The van der Waals surface area contributed by atoms with E-state index in [1.807, 2.05) is 0 Å². The zero-order valence-electron chi connectivity index (χ0n) is 16.1. The summed E-state index contributed by atoms with van der Waals surface area (Å²) in [5.41, 5.74) is -0.887. The second-order valence-electron chi connectivity index (χ2n) is 7.13. The summed E-state index contributed by atoms with van der Waals surface area (Å²) in [5.74, 6) is -6.02. The molecule has 0 spiro atoms. The average Bonchev–Trinajstić information content (AvgIpc) is 2.72. The van der Waals surface area contributed by atoms with Gasteiger partial charge in [-0.15, -0.1) is 0 Å². The largest absolute Gasteiger partial charge is 0.491 e. The highest BCUT2D eigenvalue weighted by molar-refractivity contribution is 6.31. The van der Waals surface area contributed by atoms with Gasteiger partial charge in [0.05, 0.1) is 13.7 Å². The van der Waals surface area contributed by atoms with E-state index in [2.05, 4.69) is 4.74 Å². The summed E-state index contributed by atoms with van der Waals surface area (Å²) in [7, 11) is 1.05. The monoisotopic (exact) mass is 462 g/mol. The molecule has 2 aromatic rings. The van der Waals surface area contributed by atoms with Gasteiger partial charge in [-0.1, -0.05) is 17.7 Å². The predicted octanol–water partition coefficient (Wildman–Crippen LogP) is 0.327. The van der Waals surface area contributed by atoms with Crippen LogP contribution < -0.4 is 4.74 Å². The number of rotatable bonds is 5. The molecule has 0 bridgehead atoms. The molecule has 6 N–H and O–H groups in total. The minimum atomic E-state index is -2.96. The van der Waals surface area contributed by atoms with Crippen LogP contribution in [-0.2, 0) is 10.5 Å². The van der Waals surface area contributed by atoms with Crippen molar-refractivity contribution < 1.29 is 48.9 Å². The average molecular weight is 463 g/mol. The zero-order valence-corrected chi connectivity index (χ0v) is 16.9. The third-order valence-corrected chi connectivity index (χ3v) is 5.52. The molecular formula is C20H21ClF2O8. The van der Waals surface area contributed by atoms with Crippen LogP contribution in [0.5, 0.6) is 5.75 Å². The minimum absolute atomic E-state index is 0.0956. The summed E-state index contributed by atoms with van der Waals surface area (Å²) in [6.45, 7) is -0.657. The standard InChI is InChI=1S/C20H21ClF2O8/c1-30-19-12(22)5-9(6-13(19)23)20(28,29)10-4-8(2-3-11(10)21)18-17(27)16(26)15(25)14(7-24)31-18/h2-6,14-18,24-29H,7H2,1H3. The lowest BCUT2D eigenvalue weighted by Gasteiger charge is -2.40. The number of benzene rings is 2. The molecule has 8 nitrogen and oxygen atoms in total. The van der Waals surface area contributed by atoms with E-state index in [-0.39, 0.29) is 10.6 Å². The number of aliphatic hydroxyl groups is 6. The SMILES string of the molecule is COc1c(F)cc(C(O)(O)c2cc(C3OC(CO)C(O)C(O)C3O)ccc2Cl)cc1F. The Kier molecular flexibility index (Phi) is 6.84. The van der Waals surface area contributed by atoms with E-state index in [0.29, 0.717) is 12.1 Å². The number of hydrogen-bond donors (Lipinski definition) is 6. The van der Waals surface area contributed by atoms with Crippen molar-refractivity contribution in [1.29, 1.82) is 0 Å². The maximum Gasteiger partial charge on any atom is 0.219 e. The Labute approximate surface area is 180 Å². The topological polar surface area (TPSA) is 140 Å². The molecule has 0 saturated carbocycles. The van der Waals surface area contributed by atoms with Crippen LogP contribution in [0.2, 0.25) is 5.02 Å². The highest BCUT2D eigenvalue weighted by Gasteiger charge is 2.44. The van der Waals surface area contributed by atoms with Crippen molar-refractivity contribution in [2.45, 2.75) is 36.3 Å². The van der Waals surface area contributed by atoms with Crippen molar-refractivity contribution in [3.63, 3.8) is 0 Å². The number of halogens is 3. The fraction of sp³-hybridized carbons (Fsp3) is 0.400. The van der Waals surface area contributed by atoms with Crippen molar-refractivity contribution in [2.24, 2.45) is 0 Å². The first-order valence-corrected chi connectivity index (χ1v) is 9.49. The number of hydrogen-bond acceptors (Lipinski definition) is 8. The molecule has 170 valence electrons. The molecule has 1 heterocycles. The highest BCUT2D eigenvalue weighted by atomic mass is 35.5. The maximum absolute atomic E-state index is 14.1. The molecule has 2 aromatic carbocycles. The fourth-order valence-corrected chi connectivity index (χ4v) is 3.73. The predicted molar refractivity (Wildman–Crippen MR) is 102 cm³/mol. The van der Waals surface area contributed by atoms with Crippen LogP contribution in [0.1, 0.15) is 22.8 Å². The Morgan fingerprint density at radius 2 is 1.65 bits per heavy atom. The van der Waals surface area contributed by atoms with E-state index in [0.717, 1.165) is 13.2 Å². The molecule has 1 fully saturated rings. The van der Waals surface area contributed by atoms with E-state index < -0.39 is 71.4 Å². The van der Waals surface area contributed by atoms with E-state index in [1.165, 1.54) is 12.1 Å². The van der Waals surface area contributed by atoms with E-state index >= 15 is 0 Å². The second kappa shape index (κ2) is 8.93. The molecule has 5 unspecified atom stereocenters. The fourth-order valence-electron chi connectivity index (χ4n) is 3.48. The minimum Gasteiger partial charge on any atom is -0.491 e. The zero-order chi connectivity index (χ0) is 23.1. The lowest BCUT2D eigenvalue weighted by Crippen LogP contribution is -2.55. The summed E-state index contributed by atoms with van der Waals surface area (Å²) < 4.78 is 38.2. The first kappa shape index (κ1) is 23.8. The first-order valence-electron chi connectivity index (χ1n) is 9.11. The summed E-state index contributed by atoms with van der Waals surface area (Å²) in [5, 5.41) is 60.8. The molecule has 31 heavy (non-hydrogen) atoms. The van der Waals surface area contributed by atoms with E-state index in [1.54, 1.807) is 0 Å². The molecular weight excluding hydrogens is 442 g/mol. The highest BCUT2D eigenvalue weighted by Crippen LogP contribution is 2.39. The van der Waals surface area contributed by atoms with Crippen LogP contribution in [0.3, 0.4) is 0 Å². The van der Waals surface area contributed by atoms with Gasteiger partial charge in [0, 0.05) is 16.1 Å². The van der Waals surface area contributed by atoms with E-state index in [9.17, 15) is 39.4 Å². The molecule has 3 rings (SSSR count). The third kappa shape index (κ3) is 4.26. The van der Waals surface area contributed by atoms with Crippen LogP contribution in [0, 0.1) is 11.6 Å². The van der Waals surface area contributed by atoms with Crippen LogP contribution in [0.4, 0.5) is 8.78 Å². The maximum atomic E-state index is 14.1. The summed E-state index contributed by atoms with van der Waals surface area (Å²) in [6.07, 6.45) is -7.35. The van der Waals surface area contributed by atoms with Gasteiger partial charge >= 0.3 is 0 Å². The van der Waals surface area contributed by atoms with Crippen molar-refractivity contribution >= 4 is 11.6 Å². The van der Waals surface area contributed by atoms with Gasteiger partial charge in [0.15, 0.2) is 17.4 Å². The van der Waals surface area contributed by atoms with Crippen molar-refractivity contribution in [1.82, 2.24) is 0 Å². The van der Waals surface area contributed by atoms with Crippen LogP contribution >= 0.6 is 11.6 Å². The van der Waals surface area contributed by atoms with Gasteiger partial charge < -0.3 is 40.1 Å². The van der Waals surface area contributed by atoms with Gasteiger partial charge in [-0.2, -0.15) is 0 Å². The normalized spacial score (nSPS) is 26.7. The summed E-state index contributed by atoms with van der Waals surface area (Å²) >= 11 is 6.09. The molecule has 1 aliphatic rings. The lowest BCUT2D eigenvalue weighted by atomic mass is 9.89. The molecule has 5 atom stereocenters. The van der Waals surface area contributed by atoms with Crippen LogP contribution in [0.15, 0.2) is 30.3 Å². The summed E-state index contributed by atoms with van der Waals surface area (Å²) in [6, 6.07) is 5.02. The lowest BCUT2D eigenvalue weighted by molar-refractivity contribution is -0.231. The molecule has 0 radical (unpaired) electrons. The quantitative estimate of drug-likeness (QED) is 0.349. The van der Waals surface area contributed by atoms with Gasteiger partial charge in [-0.25, -0.2) is 8.78 Å². The second-order valence-corrected chi connectivity index (χ2v) is 7.54.